The van der Waals surface area contributed by atoms with Crippen molar-refractivity contribution in [3.05, 3.63) is 66.5 Å². The Hall–Kier alpha value is -1.12. The molecule has 0 bridgehead atoms. The van der Waals surface area contributed by atoms with Crippen molar-refractivity contribution in [2.24, 2.45) is 0 Å². The molecule has 1 aromatic carbocycles. The van der Waals surface area contributed by atoms with Gasteiger partial charge in [-0.25, -0.2) is 0 Å². The molecule has 0 aliphatic rings. The van der Waals surface area contributed by atoms with E-state index in [0.717, 1.165) is 18.2 Å². The van der Waals surface area contributed by atoms with Crippen molar-refractivity contribution in [2.45, 2.75) is 0 Å². The van der Waals surface area contributed by atoms with Crippen LogP contribution in [-0.2, 0) is 20.1 Å². The Bertz CT molecular complexity index is 324. The first-order chi connectivity index (χ1) is 6.79. The second kappa shape index (κ2) is 8.21. The summed E-state index contributed by atoms with van der Waals surface area (Å²) < 4.78 is 23.8. The number of nitrogens with zero attached hydrogens (tertiary/aromatic N) is 1. The Morgan fingerprint density at radius 3 is 1.67 bits per heavy atom. The van der Waals surface area contributed by atoms with E-state index >= 15 is 0 Å². The average molecular weight is 384 g/mol. The predicted molar refractivity (Wildman–Crippen MR) is 49.4 cm³/mol. The van der Waals surface area contributed by atoms with Gasteiger partial charge >= 0.3 is 0 Å². The van der Waals surface area contributed by atoms with Crippen LogP contribution < -0.4 is 0 Å². The molecule has 0 amide bonds. The Labute approximate surface area is 101 Å². The summed E-state index contributed by atoms with van der Waals surface area (Å²) in [4.78, 5) is 3.78. The van der Waals surface area contributed by atoms with Gasteiger partial charge in [0.2, 0.25) is 0 Å². The van der Waals surface area contributed by atoms with Crippen LogP contribution in [-0.4, -0.2) is 4.98 Å². The van der Waals surface area contributed by atoms with Crippen LogP contribution in [0.2, 0.25) is 0 Å². The van der Waals surface area contributed by atoms with Gasteiger partial charge in [0.25, 0.3) is 0 Å². The third-order valence-corrected chi connectivity index (χ3v) is 1.28. The number of benzene rings is 1. The zero-order valence-electron chi connectivity index (χ0n) is 7.66. The number of halogens is 2. The van der Waals surface area contributed by atoms with E-state index < -0.39 is 11.6 Å². The molecule has 0 N–H and O–H groups in total. The van der Waals surface area contributed by atoms with Gasteiger partial charge in [-0.1, -0.05) is 6.07 Å². The minimum absolute atomic E-state index is 0. The van der Waals surface area contributed by atoms with E-state index in [0.29, 0.717) is 0 Å². The maximum atomic E-state index is 11.9. The minimum atomic E-state index is -0.593. The molecular formula is C11H8F2IrN-. The minimum Gasteiger partial charge on any atom is -0.284 e. The molecule has 15 heavy (non-hydrogen) atoms. The third kappa shape index (κ3) is 6.89. The van der Waals surface area contributed by atoms with Gasteiger partial charge in [0.1, 0.15) is 0 Å². The van der Waals surface area contributed by atoms with Crippen LogP contribution in [0.5, 0.6) is 0 Å². The Kier molecular flexibility index (Phi) is 7.60. The molecule has 1 aromatic heterocycles. The van der Waals surface area contributed by atoms with Gasteiger partial charge in [-0.3, -0.25) is 13.8 Å². The Balaban J connectivity index is 0.000000253. The zero-order valence-corrected chi connectivity index (χ0v) is 10.1. The van der Waals surface area contributed by atoms with Gasteiger partial charge in [0.05, 0.1) is 0 Å². The second-order valence-electron chi connectivity index (χ2n) is 2.39. The molecular weight excluding hydrogens is 376 g/mol. The second-order valence-corrected chi connectivity index (χ2v) is 2.39. The van der Waals surface area contributed by atoms with Crippen LogP contribution in [0.3, 0.4) is 0 Å². The number of pyridine rings is 1. The van der Waals surface area contributed by atoms with Crippen molar-refractivity contribution in [3.63, 3.8) is 0 Å². The van der Waals surface area contributed by atoms with E-state index in [4.69, 9.17) is 0 Å². The van der Waals surface area contributed by atoms with Crippen molar-refractivity contribution in [1.29, 1.82) is 0 Å². The SMILES string of the molecule is Fc1c[c-]cc(F)c1.[Ir].c1ccncc1. The molecule has 0 saturated carbocycles. The van der Waals surface area contributed by atoms with E-state index in [9.17, 15) is 8.78 Å². The molecule has 0 atom stereocenters. The Morgan fingerprint density at radius 2 is 1.47 bits per heavy atom. The summed E-state index contributed by atoms with van der Waals surface area (Å²) in [5.41, 5.74) is 0. The maximum Gasteiger partial charge on any atom is 0.0267 e. The smallest absolute Gasteiger partial charge is 0.0267 e. The van der Waals surface area contributed by atoms with Crippen LogP contribution in [0.15, 0.2) is 48.8 Å². The molecule has 0 fully saturated rings. The third-order valence-electron chi connectivity index (χ3n) is 1.28. The van der Waals surface area contributed by atoms with Gasteiger partial charge < -0.3 is 0 Å². The molecule has 4 heteroatoms. The summed E-state index contributed by atoms with van der Waals surface area (Å²) in [7, 11) is 0. The number of hydrogen-bond acceptors (Lipinski definition) is 1. The van der Waals surface area contributed by atoms with Crippen LogP contribution in [0.25, 0.3) is 0 Å². The monoisotopic (exact) mass is 385 g/mol. The molecule has 0 unspecified atom stereocenters. The molecule has 1 nitrogen and oxygen atoms in total. The fraction of sp³-hybridized carbons (Fsp3) is 0. The normalized spacial score (nSPS) is 8.13. The number of hydrogen-bond donors (Lipinski definition) is 0. The van der Waals surface area contributed by atoms with Crippen molar-refractivity contribution < 1.29 is 28.9 Å². The van der Waals surface area contributed by atoms with Gasteiger partial charge in [0.15, 0.2) is 0 Å². The molecule has 2 rings (SSSR count). The largest absolute Gasteiger partial charge is 0.284 e. The molecule has 0 spiro atoms. The van der Waals surface area contributed by atoms with Crippen LogP contribution in [0.4, 0.5) is 8.78 Å². The standard InChI is InChI=1S/C6H3F2.C5H5N.Ir/c7-5-2-1-3-6(8)4-5;1-2-4-6-5-3-1;/h2-4H;1-5H;/q-1;;. The summed E-state index contributed by atoms with van der Waals surface area (Å²) in [6.07, 6.45) is 3.50. The summed E-state index contributed by atoms with van der Waals surface area (Å²) in [6.45, 7) is 0. The molecule has 1 radical (unpaired) electrons. The van der Waals surface area contributed by atoms with E-state index in [1.807, 2.05) is 18.2 Å². The molecule has 81 valence electrons. The van der Waals surface area contributed by atoms with E-state index in [1.165, 1.54) is 0 Å². The first kappa shape index (κ1) is 13.9. The summed E-state index contributed by atoms with van der Waals surface area (Å²) in [6, 6.07) is 10.9. The van der Waals surface area contributed by atoms with Crippen LogP contribution in [0, 0.1) is 17.7 Å². The molecule has 0 aliphatic heterocycles. The van der Waals surface area contributed by atoms with Gasteiger partial charge in [-0.15, -0.1) is 18.2 Å². The number of rotatable bonds is 0. The van der Waals surface area contributed by atoms with Crippen molar-refractivity contribution in [2.75, 3.05) is 0 Å². The van der Waals surface area contributed by atoms with Gasteiger partial charge in [0, 0.05) is 44.1 Å². The van der Waals surface area contributed by atoms with E-state index in [-0.39, 0.29) is 20.1 Å². The summed E-state index contributed by atoms with van der Waals surface area (Å²) in [5, 5.41) is 0. The zero-order chi connectivity index (χ0) is 10.2. The summed E-state index contributed by atoms with van der Waals surface area (Å²) >= 11 is 0. The topological polar surface area (TPSA) is 12.9 Å². The first-order valence-corrected chi connectivity index (χ1v) is 3.96. The molecule has 0 aliphatic carbocycles. The van der Waals surface area contributed by atoms with Crippen molar-refractivity contribution >= 4 is 0 Å². The van der Waals surface area contributed by atoms with E-state index in [1.54, 1.807) is 12.4 Å². The molecule has 2 aromatic rings. The van der Waals surface area contributed by atoms with E-state index in [2.05, 4.69) is 11.1 Å². The number of aromatic nitrogens is 1. The van der Waals surface area contributed by atoms with Crippen LogP contribution >= 0.6 is 0 Å². The van der Waals surface area contributed by atoms with Crippen LogP contribution in [0.1, 0.15) is 0 Å². The predicted octanol–water partition coefficient (Wildman–Crippen LogP) is 2.84. The quantitative estimate of drug-likeness (QED) is 0.637. The average Bonchev–Trinajstić information content (AvgIpc) is 2.21. The first-order valence-electron chi connectivity index (χ1n) is 3.96. The molecule has 1 heterocycles. The summed E-state index contributed by atoms with van der Waals surface area (Å²) in [5.74, 6) is -1.19. The fourth-order valence-corrected chi connectivity index (χ4v) is 0.729. The van der Waals surface area contributed by atoms with Crippen molar-refractivity contribution in [3.8, 4) is 0 Å². The molecule has 0 saturated heterocycles. The van der Waals surface area contributed by atoms with Crippen molar-refractivity contribution in [1.82, 2.24) is 4.98 Å². The maximum absolute atomic E-state index is 11.9. The Morgan fingerprint density at radius 1 is 0.933 bits per heavy atom. The fourth-order valence-electron chi connectivity index (χ4n) is 0.729. The van der Waals surface area contributed by atoms with Gasteiger partial charge in [-0.05, 0) is 12.1 Å². The van der Waals surface area contributed by atoms with Gasteiger partial charge in [-0.2, -0.15) is 6.07 Å².